The zero-order chi connectivity index (χ0) is 37.0. The van der Waals surface area contributed by atoms with Gasteiger partial charge in [-0.3, -0.25) is 14.1 Å². The summed E-state index contributed by atoms with van der Waals surface area (Å²) in [6.45, 7) is 9.91. The van der Waals surface area contributed by atoms with Crippen LogP contribution in [-0.4, -0.2) is 53.2 Å². The third-order valence-corrected chi connectivity index (χ3v) is 8.95. The van der Waals surface area contributed by atoms with Gasteiger partial charge in [0.1, 0.15) is 23.1 Å². The second-order valence-corrected chi connectivity index (χ2v) is 15.3. The number of sulfonamides is 1. The van der Waals surface area contributed by atoms with Crippen LogP contribution >= 0.6 is 11.6 Å². The number of carbonyl (C=O) groups excluding carboxylic acids is 3. The molecule has 1 atom stereocenters. The molecule has 0 bridgehead atoms. The maximum atomic E-state index is 15.7. The number of ketones is 1. The Labute approximate surface area is 294 Å². The predicted octanol–water partition coefficient (Wildman–Crippen LogP) is 7.46. The first-order valence-corrected chi connectivity index (χ1v) is 17.9. The molecule has 1 unspecified atom stereocenters. The number of fused-ring (bicyclic) bond motifs is 1. The quantitative estimate of drug-likeness (QED) is 0.106. The molecule has 2 aromatic heterocycles. The number of esters is 1. The highest BCUT2D eigenvalue weighted by Gasteiger charge is 2.29. The number of ether oxygens (including phenoxy) is 2. The Bertz CT molecular complexity index is 2010. The number of aromatic nitrogens is 2. The first kappa shape index (κ1) is 38.2. The van der Waals surface area contributed by atoms with Crippen LogP contribution in [0.5, 0.6) is 0 Å². The fourth-order valence-corrected chi connectivity index (χ4v) is 6.34. The summed E-state index contributed by atoms with van der Waals surface area (Å²) in [4.78, 5) is 44.2. The second kappa shape index (κ2) is 15.5. The molecule has 11 nitrogen and oxygen atoms in total. The summed E-state index contributed by atoms with van der Waals surface area (Å²) in [5.41, 5.74) is -1.23. The van der Waals surface area contributed by atoms with Crippen molar-refractivity contribution in [2.75, 3.05) is 10.5 Å². The summed E-state index contributed by atoms with van der Waals surface area (Å²) in [6, 6.07) is 8.99. The molecular weight excluding hydrogens is 694 g/mol. The van der Waals surface area contributed by atoms with Gasteiger partial charge in [0.2, 0.25) is 15.8 Å². The number of anilines is 1. The number of carbonyl (C=O) groups is 3. The third kappa shape index (κ3) is 9.57. The molecule has 2 heterocycles. The van der Waals surface area contributed by atoms with E-state index >= 15 is 8.78 Å². The SMILES string of the molecule is CCCS(=O)(=O)Nc1ccc(F)c(C(=O)c2cn(COC(=O)C(CC(C)C)NC(=O)OC(C)(C)C)c3ncc(-c4ccc(Cl)cc4)cc23)c1F. The molecule has 50 heavy (non-hydrogen) atoms. The predicted molar refractivity (Wildman–Crippen MR) is 186 cm³/mol. The number of amides is 1. The van der Waals surface area contributed by atoms with Crippen LogP contribution < -0.4 is 10.0 Å². The van der Waals surface area contributed by atoms with Gasteiger partial charge in [-0.25, -0.2) is 31.8 Å². The van der Waals surface area contributed by atoms with Crippen LogP contribution in [0.4, 0.5) is 19.3 Å². The molecule has 15 heteroatoms. The van der Waals surface area contributed by atoms with Crippen molar-refractivity contribution >= 4 is 56.2 Å². The lowest BCUT2D eigenvalue weighted by Crippen LogP contribution is -2.45. The molecule has 0 spiro atoms. The van der Waals surface area contributed by atoms with Gasteiger partial charge in [-0.1, -0.05) is 44.5 Å². The molecule has 4 rings (SSSR count). The maximum absolute atomic E-state index is 15.7. The molecule has 268 valence electrons. The highest BCUT2D eigenvalue weighted by molar-refractivity contribution is 7.92. The van der Waals surface area contributed by atoms with E-state index in [1.807, 2.05) is 13.8 Å². The van der Waals surface area contributed by atoms with Gasteiger partial charge in [0.25, 0.3) is 0 Å². The van der Waals surface area contributed by atoms with E-state index < -0.39 is 69.1 Å². The van der Waals surface area contributed by atoms with Crippen LogP contribution in [0.25, 0.3) is 22.2 Å². The summed E-state index contributed by atoms with van der Waals surface area (Å²) < 4.78 is 69.9. The van der Waals surface area contributed by atoms with Crippen LogP contribution in [0.3, 0.4) is 0 Å². The lowest BCUT2D eigenvalue weighted by atomic mass is 10.00. The van der Waals surface area contributed by atoms with E-state index in [4.69, 9.17) is 21.1 Å². The number of rotatable bonds is 13. The van der Waals surface area contributed by atoms with Crippen molar-refractivity contribution in [3.05, 3.63) is 82.6 Å². The zero-order valence-electron chi connectivity index (χ0n) is 28.5. The van der Waals surface area contributed by atoms with Crippen molar-refractivity contribution < 1.29 is 41.1 Å². The van der Waals surface area contributed by atoms with Gasteiger partial charge in [-0.05, 0) is 75.4 Å². The van der Waals surface area contributed by atoms with Crippen molar-refractivity contribution in [3.8, 4) is 11.1 Å². The minimum Gasteiger partial charge on any atom is -0.444 e. The molecule has 0 aliphatic heterocycles. The summed E-state index contributed by atoms with van der Waals surface area (Å²) in [6.07, 6.45) is 2.41. The highest BCUT2D eigenvalue weighted by atomic mass is 35.5. The largest absolute Gasteiger partial charge is 0.444 e. The van der Waals surface area contributed by atoms with Crippen LogP contribution in [0, 0.1) is 17.6 Å². The first-order chi connectivity index (χ1) is 23.4. The van der Waals surface area contributed by atoms with Gasteiger partial charge in [0.05, 0.1) is 22.6 Å². The van der Waals surface area contributed by atoms with Crippen LogP contribution in [-0.2, 0) is 31.0 Å². The lowest BCUT2D eigenvalue weighted by Gasteiger charge is -2.23. The molecule has 0 aliphatic rings. The van der Waals surface area contributed by atoms with Gasteiger partial charge in [-0.2, -0.15) is 0 Å². The normalized spacial score (nSPS) is 12.5. The molecular formula is C35H39ClF2N4O7S. The Morgan fingerprint density at radius 2 is 1.72 bits per heavy atom. The monoisotopic (exact) mass is 732 g/mol. The van der Waals surface area contributed by atoms with Crippen LogP contribution in [0.1, 0.15) is 70.3 Å². The summed E-state index contributed by atoms with van der Waals surface area (Å²) in [5.74, 6) is -4.84. The number of alkyl carbamates (subject to hydrolysis) is 1. The molecule has 1 amide bonds. The van der Waals surface area contributed by atoms with Crippen molar-refractivity contribution in [2.24, 2.45) is 5.92 Å². The van der Waals surface area contributed by atoms with Crippen molar-refractivity contribution in [1.29, 1.82) is 0 Å². The van der Waals surface area contributed by atoms with Gasteiger partial charge in [-0.15, -0.1) is 0 Å². The molecule has 0 radical (unpaired) electrons. The van der Waals surface area contributed by atoms with Gasteiger partial charge in [0, 0.05) is 28.4 Å². The number of hydrogen-bond acceptors (Lipinski definition) is 8. The van der Waals surface area contributed by atoms with E-state index in [1.165, 1.54) is 17.0 Å². The number of pyridine rings is 1. The Balaban J connectivity index is 1.76. The van der Waals surface area contributed by atoms with Gasteiger partial charge < -0.3 is 14.8 Å². The summed E-state index contributed by atoms with van der Waals surface area (Å²) >= 11 is 6.05. The minimum absolute atomic E-state index is 0.0147. The topological polar surface area (TPSA) is 146 Å². The van der Waals surface area contributed by atoms with E-state index in [0.717, 1.165) is 12.1 Å². The number of nitrogens with zero attached hydrogens (tertiary/aromatic N) is 2. The van der Waals surface area contributed by atoms with Gasteiger partial charge >= 0.3 is 12.1 Å². The van der Waals surface area contributed by atoms with E-state index in [0.29, 0.717) is 16.1 Å². The van der Waals surface area contributed by atoms with E-state index in [1.54, 1.807) is 58.0 Å². The number of hydrogen-bond donors (Lipinski definition) is 2. The third-order valence-electron chi connectivity index (χ3n) is 7.22. The van der Waals surface area contributed by atoms with E-state index in [-0.39, 0.29) is 41.1 Å². The Hall–Kier alpha value is -4.56. The molecule has 2 aromatic carbocycles. The van der Waals surface area contributed by atoms with Crippen molar-refractivity contribution in [1.82, 2.24) is 14.9 Å². The lowest BCUT2D eigenvalue weighted by molar-refractivity contribution is -0.150. The van der Waals surface area contributed by atoms with Crippen LogP contribution in [0.2, 0.25) is 5.02 Å². The standard InChI is InChI=1S/C35H39ClF2N4O7S/c1-7-14-50(46,47)41-27-13-12-26(37)29(30(27)38)31(43)25-18-42(32-24(25)16-22(17-39-32)21-8-10-23(36)11-9-21)19-48-33(44)28(15-20(2)3)40-34(45)49-35(4,5)6/h8-13,16-18,20,28,41H,7,14-15,19H2,1-6H3,(H,40,45). The smallest absolute Gasteiger partial charge is 0.408 e. The average molecular weight is 733 g/mol. The van der Waals surface area contributed by atoms with E-state index in [9.17, 15) is 22.8 Å². The molecule has 0 aliphatic carbocycles. The summed E-state index contributed by atoms with van der Waals surface area (Å²) in [7, 11) is -3.97. The fraction of sp³-hybridized carbons (Fsp3) is 0.371. The highest BCUT2D eigenvalue weighted by Crippen LogP contribution is 2.31. The second-order valence-electron chi connectivity index (χ2n) is 13.1. The summed E-state index contributed by atoms with van der Waals surface area (Å²) in [5, 5.41) is 3.19. The minimum atomic E-state index is -3.97. The molecule has 0 saturated carbocycles. The number of halogens is 3. The van der Waals surface area contributed by atoms with Crippen molar-refractivity contribution in [3.63, 3.8) is 0 Å². The zero-order valence-corrected chi connectivity index (χ0v) is 30.0. The fourth-order valence-electron chi connectivity index (χ4n) is 5.08. The molecule has 2 N–H and O–H groups in total. The first-order valence-electron chi connectivity index (χ1n) is 15.8. The average Bonchev–Trinajstić information content (AvgIpc) is 3.38. The molecule has 0 fully saturated rings. The van der Waals surface area contributed by atoms with Crippen LogP contribution in [0.15, 0.2) is 54.9 Å². The molecule has 4 aromatic rings. The van der Waals surface area contributed by atoms with Crippen molar-refractivity contribution in [2.45, 2.75) is 72.8 Å². The van der Waals surface area contributed by atoms with E-state index in [2.05, 4.69) is 15.0 Å². The maximum Gasteiger partial charge on any atom is 0.408 e. The Morgan fingerprint density at radius 1 is 1.04 bits per heavy atom. The number of benzene rings is 2. The Morgan fingerprint density at radius 3 is 2.34 bits per heavy atom. The Kier molecular flexibility index (Phi) is 11.9. The number of nitrogens with one attached hydrogen (secondary N) is 2. The van der Waals surface area contributed by atoms with Gasteiger partial charge in [0.15, 0.2) is 12.5 Å². The molecule has 0 saturated heterocycles.